The van der Waals surface area contributed by atoms with Crippen molar-refractivity contribution in [1.82, 2.24) is 10.1 Å². The van der Waals surface area contributed by atoms with Crippen molar-refractivity contribution in [3.63, 3.8) is 0 Å². The van der Waals surface area contributed by atoms with Crippen LogP contribution >= 0.6 is 12.4 Å². The Hall–Kier alpha value is -1.11. The molecule has 7 heteroatoms. The highest BCUT2D eigenvalue weighted by Crippen LogP contribution is 2.21. The van der Waals surface area contributed by atoms with Gasteiger partial charge in [-0.3, -0.25) is 4.79 Å². The van der Waals surface area contributed by atoms with E-state index >= 15 is 0 Å². The van der Waals surface area contributed by atoms with E-state index in [4.69, 9.17) is 15.0 Å². The summed E-state index contributed by atoms with van der Waals surface area (Å²) in [5.74, 6) is 0.452. The molecule has 0 aliphatic carbocycles. The third kappa shape index (κ3) is 3.71. The van der Waals surface area contributed by atoms with Crippen molar-refractivity contribution in [2.75, 3.05) is 13.7 Å². The monoisotopic (exact) mass is 303 g/mol. The minimum absolute atomic E-state index is 0. The third-order valence-corrected chi connectivity index (χ3v) is 3.48. The van der Waals surface area contributed by atoms with E-state index in [1.807, 2.05) is 11.8 Å². The van der Waals surface area contributed by atoms with Gasteiger partial charge < -0.3 is 19.9 Å². The minimum atomic E-state index is -0.104. The van der Waals surface area contributed by atoms with Gasteiger partial charge in [-0.05, 0) is 26.2 Å². The van der Waals surface area contributed by atoms with Gasteiger partial charge in [0.1, 0.15) is 6.61 Å². The summed E-state index contributed by atoms with van der Waals surface area (Å²) in [7, 11) is 1.57. The van der Waals surface area contributed by atoms with Gasteiger partial charge in [-0.1, -0.05) is 5.16 Å². The van der Waals surface area contributed by atoms with Gasteiger partial charge in [-0.15, -0.1) is 12.4 Å². The Morgan fingerprint density at radius 1 is 1.65 bits per heavy atom. The summed E-state index contributed by atoms with van der Waals surface area (Å²) >= 11 is 0. The zero-order valence-corrected chi connectivity index (χ0v) is 12.7. The molecule has 1 amide bonds. The molecule has 0 aromatic carbocycles. The molecular formula is C13H22ClN3O3. The van der Waals surface area contributed by atoms with Crippen LogP contribution in [0.5, 0.6) is 0 Å². The second kappa shape index (κ2) is 7.61. The molecule has 2 atom stereocenters. The Bertz CT molecular complexity index is 436. The molecule has 20 heavy (non-hydrogen) atoms. The van der Waals surface area contributed by atoms with E-state index in [1.54, 1.807) is 13.2 Å². The lowest BCUT2D eigenvalue weighted by Gasteiger charge is -2.37. The largest absolute Gasteiger partial charge is 0.377 e. The second-order valence-corrected chi connectivity index (χ2v) is 5.03. The highest BCUT2D eigenvalue weighted by molar-refractivity contribution is 5.92. The summed E-state index contributed by atoms with van der Waals surface area (Å²) in [6.07, 6.45) is 3.08. The molecule has 1 saturated heterocycles. The van der Waals surface area contributed by atoms with E-state index in [1.165, 1.54) is 0 Å². The molecule has 0 saturated carbocycles. The van der Waals surface area contributed by atoms with Gasteiger partial charge in [0.2, 0.25) is 0 Å². The Morgan fingerprint density at radius 2 is 2.40 bits per heavy atom. The van der Waals surface area contributed by atoms with Crippen molar-refractivity contribution in [2.24, 2.45) is 5.73 Å². The average molecular weight is 304 g/mol. The number of hydrogen-bond acceptors (Lipinski definition) is 5. The van der Waals surface area contributed by atoms with Gasteiger partial charge in [0.05, 0.1) is 0 Å². The molecule has 1 fully saturated rings. The van der Waals surface area contributed by atoms with Crippen LogP contribution in [0.1, 0.15) is 42.4 Å². The minimum Gasteiger partial charge on any atom is -0.377 e. The number of hydrogen-bond donors (Lipinski definition) is 1. The van der Waals surface area contributed by atoms with Crippen LogP contribution in [0.4, 0.5) is 0 Å². The molecule has 2 heterocycles. The number of rotatable bonds is 4. The fourth-order valence-corrected chi connectivity index (χ4v) is 2.53. The summed E-state index contributed by atoms with van der Waals surface area (Å²) in [6.45, 7) is 2.99. The highest BCUT2D eigenvalue weighted by atomic mass is 35.5. The molecule has 1 aromatic rings. The molecule has 114 valence electrons. The van der Waals surface area contributed by atoms with E-state index in [0.29, 0.717) is 18.1 Å². The molecule has 0 radical (unpaired) electrons. The molecule has 0 spiro atoms. The SMILES string of the molecule is COCc1cc(C(=O)N2CCCCC2C(C)N)no1.Cl. The van der Waals surface area contributed by atoms with Crippen LogP contribution in [-0.4, -0.2) is 41.7 Å². The summed E-state index contributed by atoms with van der Waals surface area (Å²) in [5, 5.41) is 3.82. The van der Waals surface area contributed by atoms with Crippen LogP contribution < -0.4 is 5.73 Å². The third-order valence-electron chi connectivity index (χ3n) is 3.48. The predicted octanol–water partition coefficient (Wildman–Crippen LogP) is 1.58. The van der Waals surface area contributed by atoms with Gasteiger partial charge in [-0.25, -0.2) is 0 Å². The number of aromatic nitrogens is 1. The Morgan fingerprint density at radius 3 is 3.05 bits per heavy atom. The fraction of sp³-hybridized carbons (Fsp3) is 0.692. The molecule has 2 rings (SSSR count). The van der Waals surface area contributed by atoms with Crippen molar-refractivity contribution in [3.05, 3.63) is 17.5 Å². The number of piperidine rings is 1. The first kappa shape index (κ1) is 16.9. The predicted molar refractivity (Wildman–Crippen MR) is 76.8 cm³/mol. The Balaban J connectivity index is 0.00000200. The van der Waals surface area contributed by atoms with Gasteiger partial charge in [0, 0.05) is 31.8 Å². The molecule has 0 bridgehead atoms. The van der Waals surface area contributed by atoms with E-state index in [0.717, 1.165) is 25.8 Å². The van der Waals surface area contributed by atoms with Crippen molar-refractivity contribution in [3.8, 4) is 0 Å². The average Bonchev–Trinajstić information content (AvgIpc) is 2.87. The standard InChI is InChI=1S/C13H21N3O3.ClH/c1-9(14)12-5-3-4-6-16(12)13(17)11-7-10(8-18-2)19-15-11;/h7,9,12H,3-6,8,14H2,1-2H3;1H. The van der Waals surface area contributed by atoms with Crippen LogP contribution in [0.3, 0.4) is 0 Å². The first-order valence-electron chi connectivity index (χ1n) is 6.64. The summed E-state index contributed by atoms with van der Waals surface area (Å²) in [4.78, 5) is 14.3. The van der Waals surface area contributed by atoms with Crippen molar-refractivity contribution in [1.29, 1.82) is 0 Å². The van der Waals surface area contributed by atoms with Gasteiger partial charge in [0.15, 0.2) is 11.5 Å². The van der Waals surface area contributed by atoms with E-state index in [2.05, 4.69) is 5.16 Å². The van der Waals surface area contributed by atoms with Crippen LogP contribution in [0.15, 0.2) is 10.6 Å². The van der Waals surface area contributed by atoms with Crippen molar-refractivity contribution in [2.45, 2.75) is 44.9 Å². The lowest BCUT2D eigenvalue weighted by atomic mass is 9.96. The molecule has 1 aliphatic rings. The lowest BCUT2D eigenvalue weighted by Crippen LogP contribution is -2.51. The van der Waals surface area contributed by atoms with Crippen LogP contribution in [0.2, 0.25) is 0 Å². The number of likely N-dealkylation sites (tertiary alicyclic amines) is 1. The second-order valence-electron chi connectivity index (χ2n) is 5.03. The number of carbonyl (C=O) groups is 1. The quantitative estimate of drug-likeness (QED) is 0.913. The van der Waals surface area contributed by atoms with E-state index < -0.39 is 0 Å². The summed E-state index contributed by atoms with van der Waals surface area (Å²) in [5.41, 5.74) is 6.30. The molecule has 2 N–H and O–H groups in total. The van der Waals surface area contributed by atoms with Crippen molar-refractivity contribution >= 4 is 18.3 Å². The maximum atomic E-state index is 12.4. The first-order chi connectivity index (χ1) is 9.13. The first-order valence-corrected chi connectivity index (χ1v) is 6.64. The number of carbonyl (C=O) groups excluding carboxylic acids is 1. The summed E-state index contributed by atoms with van der Waals surface area (Å²) < 4.78 is 10.0. The highest BCUT2D eigenvalue weighted by Gasteiger charge is 2.31. The Kier molecular flexibility index (Phi) is 6.45. The zero-order chi connectivity index (χ0) is 13.8. The number of nitrogens with two attached hydrogens (primary N) is 1. The number of ether oxygens (including phenoxy) is 1. The van der Waals surface area contributed by atoms with Gasteiger partial charge in [0.25, 0.3) is 5.91 Å². The molecule has 1 aliphatic heterocycles. The normalized spacial score (nSPS) is 20.4. The summed E-state index contributed by atoms with van der Waals surface area (Å²) in [6, 6.07) is 1.69. The van der Waals surface area contributed by atoms with Gasteiger partial charge >= 0.3 is 0 Å². The van der Waals surface area contributed by atoms with Crippen LogP contribution in [0, 0.1) is 0 Å². The smallest absolute Gasteiger partial charge is 0.276 e. The van der Waals surface area contributed by atoms with E-state index in [-0.39, 0.29) is 30.4 Å². The van der Waals surface area contributed by atoms with E-state index in [9.17, 15) is 4.79 Å². The zero-order valence-electron chi connectivity index (χ0n) is 11.9. The molecular weight excluding hydrogens is 282 g/mol. The number of amides is 1. The number of nitrogens with zero attached hydrogens (tertiary/aromatic N) is 2. The van der Waals surface area contributed by atoms with Gasteiger partial charge in [-0.2, -0.15) is 0 Å². The molecule has 1 aromatic heterocycles. The van der Waals surface area contributed by atoms with Crippen LogP contribution in [0.25, 0.3) is 0 Å². The molecule has 6 nitrogen and oxygen atoms in total. The fourth-order valence-electron chi connectivity index (χ4n) is 2.53. The Labute approximate surface area is 125 Å². The number of halogens is 1. The van der Waals surface area contributed by atoms with Crippen LogP contribution in [-0.2, 0) is 11.3 Å². The van der Waals surface area contributed by atoms with Crippen molar-refractivity contribution < 1.29 is 14.1 Å². The lowest BCUT2D eigenvalue weighted by molar-refractivity contribution is 0.0573. The maximum absolute atomic E-state index is 12.4. The topological polar surface area (TPSA) is 81.6 Å². The number of methoxy groups -OCH3 is 1. The maximum Gasteiger partial charge on any atom is 0.276 e. The molecule has 2 unspecified atom stereocenters.